The summed E-state index contributed by atoms with van der Waals surface area (Å²) >= 11 is 0. The first-order chi connectivity index (χ1) is 7.42. The summed E-state index contributed by atoms with van der Waals surface area (Å²) in [5.74, 6) is -1.54. The molecule has 0 aliphatic rings. The summed E-state index contributed by atoms with van der Waals surface area (Å²) in [5, 5.41) is 15.3. The summed E-state index contributed by atoms with van der Waals surface area (Å²) in [6, 6.07) is 0. The molecule has 4 heteroatoms. The number of rotatable bonds is 5. The fraction of sp³-hybridized carbons (Fsp3) is 0.833. The maximum absolute atomic E-state index is 9.60. The average Bonchev–Trinajstić information content (AvgIpc) is 2.14. The van der Waals surface area contributed by atoms with E-state index in [0.29, 0.717) is 6.42 Å². The van der Waals surface area contributed by atoms with Gasteiger partial charge >= 0.3 is 5.97 Å². The molecule has 0 aromatic carbocycles. The van der Waals surface area contributed by atoms with Gasteiger partial charge in [-0.05, 0) is 6.42 Å². The fourth-order valence-electron chi connectivity index (χ4n) is 0.714. The number of carboxylic acid groups (broad SMARTS) is 2. The second kappa shape index (κ2) is 19.5. The Morgan fingerprint density at radius 2 is 1.19 bits per heavy atom. The van der Waals surface area contributed by atoms with Crippen molar-refractivity contribution >= 4 is 11.9 Å². The Bertz CT molecular complexity index is 147. The van der Waals surface area contributed by atoms with Gasteiger partial charge in [0.2, 0.25) is 0 Å². The standard InChI is InChI=1S/C6H14.C4H8O2.C2H4O2/c1-3-5-6-4-2;1-2-3-4(5)6;1-2(3)4/h3-6H2,1-2H3;2-3H2,1H3,(H,5,6);1H3,(H,3,4). The number of carboxylic acids is 2. The zero-order valence-electron chi connectivity index (χ0n) is 11.0. The first-order valence-electron chi connectivity index (χ1n) is 5.83. The number of hydrogen-bond acceptors (Lipinski definition) is 2. The molecule has 0 fully saturated rings. The van der Waals surface area contributed by atoms with Crippen molar-refractivity contribution in [3.05, 3.63) is 0 Å². The minimum atomic E-state index is -0.833. The van der Waals surface area contributed by atoms with Crippen LogP contribution in [-0.2, 0) is 9.59 Å². The van der Waals surface area contributed by atoms with Gasteiger partial charge in [-0.3, -0.25) is 9.59 Å². The van der Waals surface area contributed by atoms with Gasteiger partial charge in [0.05, 0.1) is 0 Å². The van der Waals surface area contributed by atoms with Crippen LogP contribution in [0.15, 0.2) is 0 Å². The molecule has 4 nitrogen and oxygen atoms in total. The number of aliphatic carboxylic acids is 2. The number of carbonyl (C=O) groups is 2. The molecule has 0 heterocycles. The predicted molar refractivity (Wildman–Crippen MR) is 65.7 cm³/mol. The molecule has 98 valence electrons. The molecule has 0 rings (SSSR count). The van der Waals surface area contributed by atoms with Gasteiger partial charge in [0.15, 0.2) is 0 Å². The van der Waals surface area contributed by atoms with E-state index in [-0.39, 0.29) is 0 Å². The third kappa shape index (κ3) is 75.6. The largest absolute Gasteiger partial charge is 0.481 e. The van der Waals surface area contributed by atoms with Crippen LogP contribution in [0.25, 0.3) is 0 Å². The van der Waals surface area contributed by atoms with Crippen LogP contribution in [0.3, 0.4) is 0 Å². The maximum Gasteiger partial charge on any atom is 0.303 e. The molecule has 0 saturated carbocycles. The van der Waals surface area contributed by atoms with Crippen LogP contribution >= 0.6 is 0 Å². The van der Waals surface area contributed by atoms with E-state index in [1.165, 1.54) is 25.7 Å². The van der Waals surface area contributed by atoms with E-state index >= 15 is 0 Å². The third-order valence-electron chi connectivity index (χ3n) is 1.42. The summed E-state index contributed by atoms with van der Waals surface area (Å²) in [7, 11) is 0. The zero-order valence-corrected chi connectivity index (χ0v) is 11.0. The molecule has 0 amide bonds. The third-order valence-corrected chi connectivity index (χ3v) is 1.42. The van der Waals surface area contributed by atoms with Crippen molar-refractivity contribution in [1.29, 1.82) is 0 Å². The topological polar surface area (TPSA) is 74.6 Å². The molecule has 0 aliphatic heterocycles. The van der Waals surface area contributed by atoms with E-state index in [9.17, 15) is 4.79 Å². The van der Waals surface area contributed by atoms with Gasteiger partial charge in [0, 0.05) is 13.3 Å². The molecule has 0 aliphatic carbocycles. The van der Waals surface area contributed by atoms with Crippen molar-refractivity contribution in [1.82, 2.24) is 0 Å². The van der Waals surface area contributed by atoms with E-state index in [1.54, 1.807) is 0 Å². The number of hydrogen-bond donors (Lipinski definition) is 2. The molecular weight excluding hydrogens is 208 g/mol. The van der Waals surface area contributed by atoms with E-state index in [0.717, 1.165) is 13.3 Å². The van der Waals surface area contributed by atoms with Gasteiger partial charge in [0.25, 0.3) is 5.97 Å². The summed E-state index contributed by atoms with van der Waals surface area (Å²) in [6.45, 7) is 7.39. The maximum atomic E-state index is 9.60. The number of unbranched alkanes of at least 4 members (excludes halogenated alkanes) is 3. The van der Waals surface area contributed by atoms with Crippen molar-refractivity contribution < 1.29 is 19.8 Å². The summed E-state index contributed by atoms with van der Waals surface area (Å²) in [6.07, 6.45) is 6.56. The smallest absolute Gasteiger partial charge is 0.303 e. The SMILES string of the molecule is CC(=O)O.CCCC(=O)O.CCCCCC. The van der Waals surface area contributed by atoms with Crippen molar-refractivity contribution in [2.45, 2.75) is 66.2 Å². The highest BCUT2D eigenvalue weighted by molar-refractivity contribution is 5.66. The molecule has 16 heavy (non-hydrogen) atoms. The van der Waals surface area contributed by atoms with E-state index in [1.807, 2.05) is 6.92 Å². The average molecular weight is 234 g/mol. The highest BCUT2D eigenvalue weighted by Crippen LogP contribution is 1.95. The van der Waals surface area contributed by atoms with Crippen LogP contribution in [-0.4, -0.2) is 22.2 Å². The molecule has 0 aromatic rings. The monoisotopic (exact) mass is 234 g/mol. The normalized spacial score (nSPS) is 8.00. The molecule has 0 aromatic heterocycles. The Hall–Kier alpha value is -1.06. The molecule has 0 radical (unpaired) electrons. The van der Waals surface area contributed by atoms with Crippen LogP contribution < -0.4 is 0 Å². The van der Waals surface area contributed by atoms with Gasteiger partial charge in [-0.15, -0.1) is 0 Å². The Morgan fingerprint density at radius 3 is 1.25 bits per heavy atom. The molecule has 0 unspecified atom stereocenters. The van der Waals surface area contributed by atoms with Crippen LogP contribution in [0.4, 0.5) is 0 Å². The van der Waals surface area contributed by atoms with Gasteiger partial charge in [0.1, 0.15) is 0 Å². The van der Waals surface area contributed by atoms with E-state index < -0.39 is 11.9 Å². The minimum absolute atomic E-state index is 0.292. The van der Waals surface area contributed by atoms with Crippen LogP contribution in [0, 0.1) is 0 Å². The molecule has 0 bridgehead atoms. The van der Waals surface area contributed by atoms with E-state index in [4.69, 9.17) is 15.0 Å². The molecule has 0 spiro atoms. The van der Waals surface area contributed by atoms with Crippen molar-refractivity contribution in [3.63, 3.8) is 0 Å². The fourth-order valence-corrected chi connectivity index (χ4v) is 0.714. The predicted octanol–water partition coefficient (Wildman–Crippen LogP) is 3.55. The Kier molecular flexibility index (Phi) is 24.8. The minimum Gasteiger partial charge on any atom is -0.481 e. The lowest BCUT2D eigenvalue weighted by Gasteiger charge is -1.86. The summed E-state index contributed by atoms with van der Waals surface area (Å²) < 4.78 is 0. The molecular formula is C12H26O4. The lowest BCUT2D eigenvalue weighted by Crippen LogP contribution is -1.90. The molecule has 2 N–H and O–H groups in total. The Morgan fingerprint density at radius 1 is 0.875 bits per heavy atom. The highest BCUT2D eigenvalue weighted by Gasteiger charge is 1.87. The van der Waals surface area contributed by atoms with Crippen LogP contribution in [0.1, 0.15) is 66.2 Å². The Labute approximate surface area is 98.7 Å². The van der Waals surface area contributed by atoms with Gasteiger partial charge in [-0.2, -0.15) is 0 Å². The van der Waals surface area contributed by atoms with Crippen LogP contribution in [0.2, 0.25) is 0 Å². The van der Waals surface area contributed by atoms with Gasteiger partial charge < -0.3 is 10.2 Å². The highest BCUT2D eigenvalue weighted by atomic mass is 16.4. The second-order valence-corrected chi connectivity index (χ2v) is 3.37. The summed E-state index contributed by atoms with van der Waals surface area (Å²) in [5.41, 5.74) is 0. The van der Waals surface area contributed by atoms with Gasteiger partial charge in [-0.25, -0.2) is 0 Å². The van der Waals surface area contributed by atoms with Crippen molar-refractivity contribution in [2.75, 3.05) is 0 Å². The second-order valence-electron chi connectivity index (χ2n) is 3.37. The first-order valence-corrected chi connectivity index (χ1v) is 5.83. The Balaban J connectivity index is -0.000000162. The lowest BCUT2D eigenvalue weighted by atomic mass is 10.2. The van der Waals surface area contributed by atoms with Gasteiger partial charge in [-0.1, -0.05) is 46.5 Å². The molecule has 0 saturated heterocycles. The van der Waals surface area contributed by atoms with Crippen LogP contribution in [0.5, 0.6) is 0 Å². The first kappa shape index (κ1) is 20.4. The summed E-state index contributed by atoms with van der Waals surface area (Å²) in [4.78, 5) is 18.6. The van der Waals surface area contributed by atoms with Crippen molar-refractivity contribution in [3.8, 4) is 0 Å². The quantitative estimate of drug-likeness (QED) is 0.713. The molecule has 0 atom stereocenters. The van der Waals surface area contributed by atoms with Crippen molar-refractivity contribution in [2.24, 2.45) is 0 Å². The lowest BCUT2D eigenvalue weighted by molar-refractivity contribution is -0.137. The zero-order chi connectivity index (χ0) is 13.4. The van der Waals surface area contributed by atoms with E-state index in [2.05, 4.69) is 13.8 Å².